The van der Waals surface area contributed by atoms with E-state index in [2.05, 4.69) is 21.3 Å². The molecule has 0 aliphatic carbocycles. The fraction of sp³-hybridized carbons (Fsp3) is 0.618. The Morgan fingerprint density at radius 2 is 1.66 bits per heavy atom. The number of carbonyl (C=O) groups excluding carboxylic acids is 7. The van der Waals surface area contributed by atoms with Crippen molar-refractivity contribution in [3.63, 3.8) is 0 Å². The number of nitrogens with zero attached hydrogens (tertiary/aromatic N) is 1. The second kappa shape index (κ2) is 20.6. The third kappa shape index (κ3) is 13.3. The molecule has 7 amide bonds. The number of hydrogen-bond donors (Lipinski definition) is 6. The van der Waals surface area contributed by atoms with Crippen molar-refractivity contribution in [2.75, 3.05) is 18.4 Å². The molecular weight excluding hydrogens is 663 g/mol. The zero-order valence-electron chi connectivity index (χ0n) is 29.8. The van der Waals surface area contributed by atoms with Gasteiger partial charge in [0.05, 0.1) is 5.92 Å². The van der Waals surface area contributed by atoms with Gasteiger partial charge in [-0.05, 0) is 62.1 Å². The summed E-state index contributed by atoms with van der Waals surface area (Å²) in [4.78, 5) is 88.6. The Bertz CT molecular complexity index is 1360. The first-order valence-electron chi connectivity index (χ1n) is 17.3. The lowest BCUT2D eigenvalue weighted by atomic mass is 9.85. The molecule has 50 heavy (non-hydrogen) atoms. The zero-order chi connectivity index (χ0) is 37.4. The second-order valence-corrected chi connectivity index (χ2v) is 13.9. The number of rotatable bonds is 21. The molecule has 1 aromatic rings. The molecular formula is C34H53BN6O8S. The van der Waals surface area contributed by atoms with Crippen molar-refractivity contribution in [2.45, 2.75) is 109 Å². The first kappa shape index (κ1) is 42.1. The minimum atomic E-state index is -0.992. The van der Waals surface area contributed by atoms with Crippen LogP contribution in [0.25, 0.3) is 0 Å². The van der Waals surface area contributed by atoms with Crippen LogP contribution in [-0.4, -0.2) is 84.1 Å². The van der Waals surface area contributed by atoms with Crippen LogP contribution in [0.4, 0.5) is 15.3 Å². The highest BCUT2D eigenvalue weighted by Gasteiger charge is 2.47. The van der Waals surface area contributed by atoms with E-state index in [1.165, 1.54) is 12.7 Å². The largest absolute Gasteiger partial charge is 0.469 e. The Kier molecular flexibility index (Phi) is 17.3. The van der Waals surface area contributed by atoms with Gasteiger partial charge in [0.1, 0.15) is 18.7 Å². The number of imide groups is 1. The van der Waals surface area contributed by atoms with Gasteiger partial charge in [-0.15, -0.1) is 0 Å². The van der Waals surface area contributed by atoms with Crippen LogP contribution in [0.15, 0.2) is 24.3 Å². The predicted octanol–water partition coefficient (Wildman–Crippen LogP) is 2.39. The van der Waals surface area contributed by atoms with Gasteiger partial charge < -0.3 is 31.7 Å². The summed E-state index contributed by atoms with van der Waals surface area (Å²) in [5.74, 6) is -2.87. The summed E-state index contributed by atoms with van der Waals surface area (Å²) in [6, 6.07) is 4.06. The summed E-state index contributed by atoms with van der Waals surface area (Å²) in [7, 11) is 1.31. The number of nitrogens with two attached hydrogens (primary N) is 1. The minimum Gasteiger partial charge on any atom is -0.469 e. The number of unbranched alkanes of at least 4 members (excludes halogenated alkanes) is 2. The highest BCUT2D eigenvalue weighted by Crippen LogP contribution is 2.39. The number of primary amides is 1. The smallest absolute Gasteiger partial charge is 0.312 e. The second-order valence-electron chi connectivity index (χ2n) is 13.0. The molecule has 0 bridgehead atoms. The highest BCUT2D eigenvalue weighted by atomic mass is 32.1. The summed E-state index contributed by atoms with van der Waals surface area (Å²) in [6.45, 7) is 8.07. The normalized spacial score (nSPS) is 15.7. The van der Waals surface area contributed by atoms with Gasteiger partial charge in [-0.2, -0.15) is 12.6 Å². The van der Waals surface area contributed by atoms with Crippen LogP contribution >= 0.6 is 12.6 Å². The quantitative estimate of drug-likeness (QED) is 0.0481. The number of benzene rings is 1. The fourth-order valence-corrected chi connectivity index (χ4v) is 5.94. The maximum Gasteiger partial charge on any atom is 0.312 e. The molecule has 1 aromatic carbocycles. The van der Waals surface area contributed by atoms with E-state index >= 15 is 0 Å². The Hall–Kier alpha value is -4.08. The topological polar surface area (TPSA) is 206 Å². The lowest BCUT2D eigenvalue weighted by Gasteiger charge is -2.30. The SMILES string of the molecule is BC(=O)OCc1ccc(NC(=O)[C@H](CCCNC(N)=O)NC(=O)C(NC(=O)CCCCCN2C(=O)CC(C(S)(CC)CC)C2=O)C(C)C)cc1. The standard InChI is InChI=1S/C34H53BN6O8S/c1-5-34(50,6-2)24-19-27(43)41(31(24)46)18-9-7-8-12-26(42)40-28(21(3)4)30(45)39-25(11-10-17-37-33(36)48)29(44)38-23-15-13-22(14-16-23)20-49-32(35)47/h13-16,21,24-25,28,50H,5-12,17-20,35H2,1-4H3,(H,38,44)(H,39,45)(H,40,42)(H3,36,37,48)/t24?,25-,28?/m0/s1. The number of ether oxygens (including phenoxy) is 1. The Labute approximate surface area is 300 Å². The molecule has 276 valence electrons. The molecule has 0 saturated carbocycles. The third-order valence-corrected chi connectivity index (χ3v) is 9.88. The minimum absolute atomic E-state index is 0.0912. The molecule has 1 fully saturated rings. The number of amides is 7. The Morgan fingerprint density at radius 1 is 1.00 bits per heavy atom. The molecule has 0 aromatic heterocycles. The van der Waals surface area contributed by atoms with Crippen LogP contribution in [0.5, 0.6) is 0 Å². The van der Waals surface area contributed by atoms with Crippen molar-refractivity contribution >= 4 is 67.6 Å². The molecule has 1 aliphatic heterocycles. The summed E-state index contributed by atoms with van der Waals surface area (Å²) < 4.78 is 4.47. The average molecular weight is 717 g/mol. The number of carbonyl (C=O) groups is 7. The van der Waals surface area contributed by atoms with Crippen LogP contribution in [0, 0.1) is 11.8 Å². The maximum atomic E-state index is 13.4. The van der Waals surface area contributed by atoms with E-state index in [1.807, 2.05) is 13.8 Å². The van der Waals surface area contributed by atoms with Crippen LogP contribution in [-0.2, 0) is 35.3 Å². The van der Waals surface area contributed by atoms with Gasteiger partial charge in [0.15, 0.2) is 0 Å². The van der Waals surface area contributed by atoms with E-state index in [0.717, 1.165) is 5.56 Å². The van der Waals surface area contributed by atoms with Gasteiger partial charge in [0.25, 0.3) is 0 Å². The van der Waals surface area contributed by atoms with Crippen molar-refractivity contribution in [3.8, 4) is 0 Å². The number of hydrogen-bond acceptors (Lipinski definition) is 9. The Morgan fingerprint density at radius 3 is 2.24 bits per heavy atom. The predicted molar refractivity (Wildman–Crippen MR) is 195 cm³/mol. The first-order chi connectivity index (χ1) is 23.6. The van der Waals surface area contributed by atoms with E-state index < -0.39 is 46.5 Å². The summed E-state index contributed by atoms with van der Waals surface area (Å²) >= 11 is 4.72. The number of likely N-dealkylation sites (tertiary alicyclic amines) is 1. The zero-order valence-corrected chi connectivity index (χ0v) is 30.7. The van der Waals surface area contributed by atoms with Gasteiger partial charge >= 0.3 is 6.03 Å². The van der Waals surface area contributed by atoms with E-state index in [0.29, 0.717) is 50.8 Å². The summed E-state index contributed by atoms with van der Waals surface area (Å²) in [6.07, 6.45) is 3.86. The van der Waals surface area contributed by atoms with Gasteiger partial charge in [0, 0.05) is 36.4 Å². The molecule has 0 radical (unpaired) electrons. The van der Waals surface area contributed by atoms with Gasteiger partial charge in [-0.25, -0.2) is 4.79 Å². The van der Waals surface area contributed by atoms with Crippen molar-refractivity contribution < 1.29 is 38.3 Å². The van der Waals surface area contributed by atoms with Crippen molar-refractivity contribution in [2.24, 2.45) is 17.6 Å². The molecule has 2 rings (SSSR count). The number of thiol groups is 1. The van der Waals surface area contributed by atoms with Gasteiger partial charge in [-0.3, -0.25) is 33.7 Å². The van der Waals surface area contributed by atoms with Crippen LogP contribution in [0.3, 0.4) is 0 Å². The number of nitrogens with one attached hydrogen (secondary N) is 4. The van der Waals surface area contributed by atoms with E-state index in [-0.39, 0.29) is 56.1 Å². The lowest BCUT2D eigenvalue weighted by Crippen LogP contribution is -2.54. The van der Waals surface area contributed by atoms with Gasteiger partial charge in [0.2, 0.25) is 43.3 Å². The molecule has 6 N–H and O–H groups in total. The summed E-state index contributed by atoms with van der Waals surface area (Å²) in [5.41, 5.74) is 6.33. The monoisotopic (exact) mass is 716 g/mol. The molecule has 0 spiro atoms. The molecule has 16 heteroatoms. The van der Waals surface area contributed by atoms with Gasteiger partial charge in [-0.1, -0.05) is 46.2 Å². The van der Waals surface area contributed by atoms with E-state index in [1.54, 1.807) is 38.1 Å². The van der Waals surface area contributed by atoms with Crippen LogP contribution < -0.4 is 27.0 Å². The molecule has 1 aliphatic rings. The number of urea groups is 1. The highest BCUT2D eigenvalue weighted by molar-refractivity contribution is 7.81. The fourth-order valence-electron chi connectivity index (χ4n) is 5.74. The van der Waals surface area contributed by atoms with Crippen molar-refractivity contribution in [1.82, 2.24) is 20.9 Å². The third-order valence-electron chi connectivity index (χ3n) is 8.93. The average Bonchev–Trinajstić information content (AvgIpc) is 3.36. The maximum absolute atomic E-state index is 13.4. The van der Waals surface area contributed by atoms with Crippen molar-refractivity contribution in [1.29, 1.82) is 0 Å². The van der Waals surface area contributed by atoms with E-state index in [4.69, 9.17) is 23.1 Å². The lowest BCUT2D eigenvalue weighted by molar-refractivity contribution is -0.139. The first-order valence-corrected chi connectivity index (χ1v) is 17.8. The molecule has 3 atom stereocenters. The molecule has 1 saturated heterocycles. The van der Waals surface area contributed by atoms with Crippen LogP contribution in [0.2, 0.25) is 0 Å². The molecule has 1 heterocycles. The van der Waals surface area contributed by atoms with Crippen molar-refractivity contribution in [3.05, 3.63) is 29.8 Å². The number of anilines is 1. The van der Waals surface area contributed by atoms with E-state index in [9.17, 15) is 33.6 Å². The molecule has 14 nitrogen and oxygen atoms in total. The summed E-state index contributed by atoms with van der Waals surface area (Å²) in [5, 5.41) is 10.8. The van der Waals surface area contributed by atoms with Crippen LogP contribution in [0.1, 0.15) is 91.0 Å². The molecule has 2 unspecified atom stereocenters. The Balaban J connectivity index is 1.93.